The van der Waals surface area contributed by atoms with Crippen molar-refractivity contribution in [2.45, 2.75) is 64.1 Å². The van der Waals surface area contributed by atoms with Crippen molar-refractivity contribution in [3.05, 3.63) is 35.4 Å². The minimum atomic E-state index is -1.18. The first-order chi connectivity index (χ1) is 14.1. The molecule has 1 aromatic rings. The summed E-state index contributed by atoms with van der Waals surface area (Å²) in [6, 6.07) is 6.88. The highest BCUT2D eigenvalue weighted by molar-refractivity contribution is 5.92. The lowest BCUT2D eigenvalue weighted by Crippen LogP contribution is -2.49. The predicted octanol–water partition coefficient (Wildman–Crippen LogP) is 3.44. The van der Waals surface area contributed by atoms with Crippen LogP contribution in [-0.4, -0.2) is 54.4 Å². The van der Waals surface area contributed by atoms with Crippen molar-refractivity contribution in [1.82, 2.24) is 4.90 Å². The van der Waals surface area contributed by atoms with Crippen LogP contribution in [0.4, 0.5) is 4.79 Å². The summed E-state index contributed by atoms with van der Waals surface area (Å²) in [5, 5.41) is 11.9. The summed E-state index contributed by atoms with van der Waals surface area (Å²) in [7, 11) is 1.66. The summed E-state index contributed by atoms with van der Waals surface area (Å²) in [5.41, 5.74) is 4.73. The van der Waals surface area contributed by atoms with Crippen LogP contribution in [0.5, 0.6) is 0 Å². The molecule has 1 aliphatic rings. The van der Waals surface area contributed by atoms with Crippen LogP contribution < -0.4 is 5.73 Å². The maximum absolute atomic E-state index is 12.6. The maximum atomic E-state index is 12.6. The fraction of sp³-hybridized carbons (Fsp3) is 0.652. The average Bonchev–Trinajstić information content (AvgIpc) is 2.70. The van der Waals surface area contributed by atoms with Crippen molar-refractivity contribution in [3.8, 4) is 0 Å². The van der Waals surface area contributed by atoms with Crippen molar-refractivity contribution in [3.63, 3.8) is 0 Å². The Balaban J connectivity index is 2.28. The van der Waals surface area contributed by atoms with Gasteiger partial charge in [0.2, 0.25) is 5.91 Å². The maximum Gasteiger partial charge on any atom is 0.410 e. The smallest absolute Gasteiger partial charge is 0.410 e. The lowest BCUT2D eigenvalue weighted by Gasteiger charge is -2.43. The van der Waals surface area contributed by atoms with E-state index in [1.165, 1.54) is 0 Å². The number of unbranched alkanes of at least 4 members (excludes halogenated alkanes) is 1. The number of carbonyl (C=O) groups is 2. The first-order valence-electron chi connectivity index (χ1n) is 10.7. The van der Waals surface area contributed by atoms with E-state index in [2.05, 4.69) is 0 Å². The first-order valence-corrected chi connectivity index (χ1v) is 10.7. The number of piperidine rings is 1. The van der Waals surface area contributed by atoms with E-state index in [4.69, 9.17) is 15.2 Å². The van der Waals surface area contributed by atoms with E-state index in [0.717, 1.165) is 25.7 Å². The zero-order valence-corrected chi connectivity index (χ0v) is 18.6. The number of amides is 2. The van der Waals surface area contributed by atoms with Gasteiger partial charge in [0.1, 0.15) is 5.60 Å². The summed E-state index contributed by atoms with van der Waals surface area (Å²) in [6.07, 6.45) is 3.27. The van der Waals surface area contributed by atoms with Crippen molar-refractivity contribution >= 4 is 12.0 Å². The molecule has 0 aliphatic carbocycles. The lowest BCUT2D eigenvalue weighted by atomic mass is 9.74. The minimum absolute atomic E-state index is 0.176. The molecular formula is C23H36N2O5. The molecule has 2 rings (SSSR count). The van der Waals surface area contributed by atoms with E-state index in [1.807, 2.05) is 26.8 Å². The Morgan fingerprint density at radius 3 is 2.63 bits per heavy atom. The second kappa shape index (κ2) is 10.3. The quantitative estimate of drug-likeness (QED) is 0.627. The summed E-state index contributed by atoms with van der Waals surface area (Å²) in [6.45, 7) is 7.14. The van der Waals surface area contributed by atoms with Crippen LogP contribution in [0.15, 0.2) is 24.3 Å². The van der Waals surface area contributed by atoms with Crippen LogP contribution >= 0.6 is 0 Å². The molecule has 1 saturated heterocycles. The van der Waals surface area contributed by atoms with Crippen LogP contribution in [0.25, 0.3) is 0 Å². The highest BCUT2D eigenvalue weighted by Crippen LogP contribution is 2.40. The number of likely N-dealkylation sites (tertiary alicyclic amines) is 1. The molecule has 30 heavy (non-hydrogen) atoms. The molecule has 1 heterocycles. The van der Waals surface area contributed by atoms with Crippen LogP contribution in [0.1, 0.15) is 68.8 Å². The van der Waals surface area contributed by atoms with Crippen LogP contribution in [0.2, 0.25) is 0 Å². The van der Waals surface area contributed by atoms with Gasteiger partial charge in [-0.25, -0.2) is 4.79 Å². The SMILES string of the molecule is COCCCC[C@@](O)(c1cccc(C(N)=O)c1)C1CCCN(C(=O)OC(C)(C)C)C1. The molecule has 7 nitrogen and oxygen atoms in total. The molecule has 7 heteroatoms. The first kappa shape index (κ1) is 24.2. The molecule has 1 unspecified atom stereocenters. The number of methoxy groups -OCH3 is 1. The molecule has 1 aromatic carbocycles. The number of nitrogens with two attached hydrogens (primary N) is 1. The number of carbonyl (C=O) groups excluding carboxylic acids is 2. The van der Waals surface area contributed by atoms with Gasteiger partial charge in [0.05, 0.1) is 5.60 Å². The van der Waals surface area contributed by atoms with Crippen LogP contribution in [0, 0.1) is 5.92 Å². The minimum Gasteiger partial charge on any atom is -0.444 e. The molecule has 3 N–H and O–H groups in total. The van der Waals surface area contributed by atoms with Crippen molar-refractivity contribution in [1.29, 1.82) is 0 Å². The topological polar surface area (TPSA) is 102 Å². The molecule has 0 radical (unpaired) electrons. The fourth-order valence-corrected chi connectivity index (χ4v) is 4.03. The van der Waals surface area contributed by atoms with Crippen LogP contribution in [0.3, 0.4) is 0 Å². The largest absolute Gasteiger partial charge is 0.444 e. The Kier molecular flexibility index (Phi) is 8.26. The second-order valence-electron chi connectivity index (χ2n) is 9.08. The number of benzene rings is 1. The molecule has 1 fully saturated rings. The number of nitrogens with zero attached hydrogens (tertiary/aromatic N) is 1. The van der Waals surface area contributed by atoms with Gasteiger partial charge in [-0.3, -0.25) is 4.79 Å². The summed E-state index contributed by atoms with van der Waals surface area (Å²) >= 11 is 0. The van der Waals surface area contributed by atoms with Gasteiger partial charge in [0.25, 0.3) is 0 Å². The summed E-state index contributed by atoms with van der Waals surface area (Å²) in [5.74, 6) is -0.706. The molecule has 168 valence electrons. The standard InChI is InChI=1S/C23H36N2O5/c1-22(2,3)30-21(27)25-13-8-11-19(16-25)23(28,12-5-6-14-29-4)18-10-7-9-17(15-18)20(24)26/h7,9-10,15,19,28H,5-6,8,11-14,16H2,1-4H3,(H2,24,26)/t19?,23-/m1/s1. The van der Waals surface area contributed by atoms with Gasteiger partial charge >= 0.3 is 6.09 Å². The van der Waals surface area contributed by atoms with Gasteiger partial charge in [-0.05, 0) is 70.6 Å². The van der Waals surface area contributed by atoms with Gasteiger partial charge in [-0.2, -0.15) is 0 Å². The third kappa shape index (κ3) is 6.44. The third-order valence-corrected chi connectivity index (χ3v) is 5.55. The number of primary amides is 1. The van der Waals surface area contributed by atoms with Gasteiger partial charge in [0.15, 0.2) is 0 Å². The van der Waals surface area contributed by atoms with Gasteiger partial charge in [-0.1, -0.05) is 12.1 Å². The zero-order chi connectivity index (χ0) is 22.4. The number of aliphatic hydroxyl groups is 1. The van der Waals surface area contributed by atoms with Crippen molar-refractivity contribution < 1.29 is 24.2 Å². The Morgan fingerprint density at radius 2 is 2.00 bits per heavy atom. The van der Waals surface area contributed by atoms with E-state index in [9.17, 15) is 14.7 Å². The number of ether oxygens (including phenoxy) is 2. The number of hydrogen-bond acceptors (Lipinski definition) is 5. The fourth-order valence-electron chi connectivity index (χ4n) is 4.03. The van der Waals surface area contributed by atoms with Crippen molar-refractivity contribution in [2.24, 2.45) is 11.7 Å². The summed E-state index contributed by atoms with van der Waals surface area (Å²) in [4.78, 5) is 26.0. The van der Waals surface area contributed by atoms with E-state index < -0.39 is 17.1 Å². The van der Waals surface area contributed by atoms with Gasteiger partial charge in [-0.15, -0.1) is 0 Å². The number of hydrogen-bond donors (Lipinski definition) is 2. The summed E-state index contributed by atoms with van der Waals surface area (Å²) < 4.78 is 10.7. The van der Waals surface area contributed by atoms with E-state index in [1.54, 1.807) is 30.2 Å². The molecule has 0 spiro atoms. The van der Waals surface area contributed by atoms with E-state index in [0.29, 0.717) is 37.2 Å². The Hall–Kier alpha value is -2.12. The molecule has 0 saturated carbocycles. The van der Waals surface area contributed by atoms with Crippen molar-refractivity contribution in [2.75, 3.05) is 26.8 Å². The predicted molar refractivity (Wildman–Crippen MR) is 115 cm³/mol. The lowest BCUT2D eigenvalue weighted by molar-refractivity contribution is -0.0642. The molecule has 0 bridgehead atoms. The van der Waals surface area contributed by atoms with Crippen LogP contribution in [-0.2, 0) is 15.1 Å². The monoisotopic (exact) mass is 420 g/mol. The normalized spacial score (nSPS) is 19.2. The molecular weight excluding hydrogens is 384 g/mol. The molecule has 0 aromatic heterocycles. The molecule has 1 aliphatic heterocycles. The zero-order valence-electron chi connectivity index (χ0n) is 18.6. The van der Waals surface area contributed by atoms with E-state index >= 15 is 0 Å². The highest BCUT2D eigenvalue weighted by atomic mass is 16.6. The molecule has 2 atom stereocenters. The van der Waals surface area contributed by atoms with E-state index in [-0.39, 0.29) is 12.0 Å². The average molecular weight is 421 g/mol. The Labute approximate surface area is 179 Å². The van der Waals surface area contributed by atoms with Gasteiger partial charge < -0.3 is 25.2 Å². The second-order valence-corrected chi connectivity index (χ2v) is 9.08. The highest BCUT2D eigenvalue weighted by Gasteiger charge is 2.42. The molecule has 2 amide bonds. The number of rotatable bonds is 8. The Bertz CT molecular complexity index is 731. The third-order valence-electron chi connectivity index (χ3n) is 5.55. The van der Waals surface area contributed by atoms with Gasteiger partial charge in [0, 0.05) is 38.3 Å². The Morgan fingerprint density at radius 1 is 1.27 bits per heavy atom.